The van der Waals surface area contributed by atoms with E-state index < -0.39 is 0 Å². The van der Waals surface area contributed by atoms with E-state index in [2.05, 4.69) is 31.0 Å². The highest BCUT2D eigenvalue weighted by Gasteiger charge is 2.18. The van der Waals surface area contributed by atoms with E-state index in [1.165, 1.54) is 43.4 Å². The van der Waals surface area contributed by atoms with Crippen molar-refractivity contribution in [2.45, 2.75) is 45.1 Å². The van der Waals surface area contributed by atoms with Gasteiger partial charge in [0.2, 0.25) is 0 Å². The molecule has 2 rings (SSSR count). The van der Waals surface area contributed by atoms with Gasteiger partial charge in [-0.15, -0.1) is 0 Å². The minimum atomic E-state index is 0.704. The van der Waals surface area contributed by atoms with Crippen molar-refractivity contribution in [3.8, 4) is 0 Å². The summed E-state index contributed by atoms with van der Waals surface area (Å²) < 4.78 is 0. The van der Waals surface area contributed by atoms with Crippen LogP contribution in [0.5, 0.6) is 0 Å². The summed E-state index contributed by atoms with van der Waals surface area (Å²) >= 11 is 0. The highest BCUT2D eigenvalue weighted by molar-refractivity contribution is 5.58. The van der Waals surface area contributed by atoms with Crippen LogP contribution >= 0.6 is 0 Å². The number of aryl methyl sites for hydroxylation is 1. The molecule has 0 unspecified atom stereocenters. The van der Waals surface area contributed by atoms with Gasteiger partial charge in [0, 0.05) is 24.5 Å². The second-order valence-electron chi connectivity index (χ2n) is 5.00. The molecule has 0 atom stereocenters. The van der Waals surface area contributed by atoms with Crippen LogP contribution in [-0.2, 0) is 0 Å². The number of nitrogen functional groups attached to an aromatic ring is 1. The number of nitrogens with two attached hydrogens (primary N) is 1. The van der Waals surface area contributed by atoms with Gasteiger partial charge in [-0.25, -0.2) is 0 Å². The van der Waals surface area contributed by atoms with Crippen LogP contribution in [0.1, 0.15) is 37.7 Å². The van der Waals surface area contributed by atoms with Crippen LogP contribution in [0.3, 0.4) is 0 Å². The van der Waals surface area contributed by atoms with Crippen LogP contribution in [-0.4, -0.2) is 13.1 Å². The Bertz CT molecular complexity index is 334. The van der Waals surface area contributed by atoms with Crippen LogP contribution in [0.25, 0.3) is 0 Å². The highest BCUT2D eigenvalue weighted by Crippen LogP contribution is 2.27. The molecule has 0 amide bonds. The lowest BCUT2D eigenvalue weighted by molar-refractivity contribution is 0.427. The molecule has 0 heterocycles. The minimum Gasteiger partial charge on any atom is -0.399 e. The monoisotopic (exact) mass is 218 g/mol. The fraction of sp³-hybridized carbons (Fsp3) is 0.571. The molecule has 0 bridgehead atoms. The lowest BCUT2D eigenvalue weighted by Gasteiger charge is -2.33. The topological polar surface area (TPSA) is 29.3 Å². The fourth-order valence-electron chi connectivity index (χ4n) is 2.67. The standard InChI is InChI=1S/C14H22N2/c1-11-8-12(15)10-14(9-11)16(2)13-6-4-3-5-7-13/h8-10,13H,3-7,15H2,1-2H3. The van der Waals surface area contributed by atoms with Crippen LogP contribution in [0.4, 0.5) is 11.4 Å². The van der Waals surface area contributed by atoms with Crippen LogP contribution in [0, 0.1) is 6.92 Å². The Balaban J connectivity index is 2.15. The smallest absolute Gasteiger partial charge is 0.0389 e. The summed E-state index contributed by atoms with van der Waals surface area (Å²) in [5, 5.41) is 0. The molecular weight excluding hydrogens is 196 g/mol. The van der Waals surface area contributed by atoms with Gasteiger partial charge in [0.25, 0.3) is 0 Å². The molecule has 2 heteroatoms. The molecule has 2 N–H and O–H groups in total. The predicted molar refractivity (Wildman–Crippen MR) is 70.9 cm³/mol. The van der Waals surface area contributed by atoms with Crippen molar-refractivity contribution in [1.82, 2.24) is 0 Å². The molecule has 0 spiro atoms. The van der Waals surface area contributed by atoms with E-state index in [1.807, 2.05) is 6.07 Å². The second-order valence-corrected chi connectivity index (χ2v) is 5.00. The summed E-state index contributed by atoms with van der Waals surface area (Å²) in [4.78, 5) is 2.41. The molecule has 1 aliphatic rings. The first-order valence-electron chi connectivity index (χ1n) is 6.27. The summed E-state index contributed by atoms with van der Waals surface area (Å²) in [6.07, 6.45) is 6.79. The summed E-state index contributed by atoms with van der Waals surface area (Å²) in [7, 11) is 2.20. The lowest BCUT2D eigenvalue weighted by Crippen LogP contribution is -2.33. The summed E-state index contributed by atoms with van der Waals surface area (Å²) in [6.45, 7) is 2.11. The largest absolute Gasteiger partial charge is 0.399 e. The quantitative estimate of drug-likeness (QED) is 0.771. The van der Waals surface area contributed by atoms with Crippen molar-refractivity contribution in [3.05, 3.63) is 23.8 Å². The number of rotatable bonds is 2. The summed E-state index contributed by atoms with van der Waals surface area (Å²) in [5.41, 5.74) is 9.29. The average molecular weight is 218 g/mol. The molecule has 0 radical (unpaired) electrons. The van der Waals surface area contributed by atoms with Crippen LogP contribution < -0.4 is 10.6 Å². The molecule has 1 saturated carbocycles. The van der Waals surface area contributed by atoms with Crippen molar-refractivity contribution in [2.75, 3.05) is 17.7 Å². The molecule has 1 aliphatic carbocycles. The van der Waals surface area contributed by atoms with Crippen LogP contribution in [0.2, 0.25) is 0 Å². The molecule has 0 aliphatic heterocycles. The van der Waals surface area contributed by atoms with Gasteiger partial charge in [0.15, 0.2) is 0 Å². The molecular formula is C14H22N2. The zero-order chi connectivity index (χ0) is 11.5. The SMILES string of the molecule is Cc1cc(N)cc(N(C)C2CCCCC2)c1. The highest BCUT2D eigenvalue weighted by atomic mass is 15.1. The molecule has 0 aromatic heterocycles. The third kappa shape index (κ3) is 2.49. The zero-order valence-electron chi connectivity index (χ0n) is 10.4. The maximum Gasteiger partial charge on any atom is 0.0389 e. The van der Waals surface area contributed by atoms with E-state index >= 15 is 0 Å². The Hall–Kier alpha value is -1.18. The van der Waals surface area contributed by atoms with E-state index in [4.69, 9.17) is 5.73 Å². The van der Waals surface area contributed by atoms with Crippen LogP contribution in [0.15, 0.2) is 18.2 Å². The second kappa shape index (κ2) is 4.77. The Kier molecular flexibility index (Phi) is 3.37. The van der Waals surface area contributed by atoms with E-state index in [0.717, 1.165) is 5.69 Å². The van der Waals surface area contributed by atoms with Gasteiger partial charge in [-0.05, 0) is 43.5 Å². The van der Waals surface area contributed by atoms with Crippen molar-refractivity contribution < 1.29 is 0 Å². The third-order valence-corrected chi connectivity index (χ3v) is 3.61. The minimum absolute atomic E-state index is 0.704. The molecule has 1 fully saturated rings. The van der Waals surface area contributed by atoms with E-state index in [0.29, 0.717) is 6.04 Å². The first-order valence-corrected chi connectivity index (χ1v) is 6.27. The molecule has 16 heavy (non-hydrogen) atoms. The number of benzene rings is 1. The summed E-state index contributed by atoms with van der Waals surface area (Å²) in [5.74, 6) is 0. The van der Waals surface area contributed by atoms with E-state index in [1.54, 1.807) is 0 Å². The fourth-order valence-corrected chi connectivity index (χ4v) is 2.67. The van der Waals surface area contributed by atoms with E-state index in [9.17, 15) is 0 Å². The molecule has 2 nitrogen and oxygen atoms in total. The van der Waals surface area contributed by atoms with Crippen molar-refractivity contribution >= 4 is 11.4 Å². The van der Waals surface area contributed by atoms with Crippen molar-refractivity contribution in [3.63, 3.8) is 0 Å². The Morgan fingerprint density at radius 3 is 2.44 bits per heavy atom. The third-order valence-electron chi connectivity index (χ3n) is 3.61. The van der Waals surface area contributed by atoms with Gasteiger partial charge in [0.05, 0.1) is 0 Å². The predicted octanol–water partition coefficient (Wildman–Crippen LogP) is 3.35. The van der Waals surface area contributed by atoms with Crippen molar-refractivity contribution in [1.29, 1.82) is 0 Å². The average Bonchev–Trinajstić information content (AvgIpc) is 2.28. The summed E-state index contributed by atoms with van der Waals surface area (Å²) in [6, 6.07) is 7.04. The van der Waals surface area contributed by atoms with Gasteiger partial charge in [-0.3, -0.25) is 0 Å². The zero-order valence-corrected chi connectivity index (χ0v) is 10.4. The maximum absolute atomic E-state index is 5.90. The molecule has 1 aromatic carbocycles. The van der Waals surface area contributed by atoms with Gasteiger partial charge >= 0.3 is 0 Å². The number of anilines is 2. The van der Waals surface area contributed by atoms with E-state index in [-0.39, 0.29) is 0 Å². The molecule has 1 aromatic rings. The van der Waals surface area contributed by atoms with Gasteiger partial charge in [-0.1, -0.05) is 19.3 Å². The lowest BCUT2D eigenvalue weighted by atomic mass is 9.94. The number of nitrogens with zero attached hydrogens (tertiary/aromatic N) is 1. The first kappa shape index (κ1) is 11.3. The van der Waals surface area contributed by atoms with Gasteiger partial charge in [0.1, 0.15) is 0 Å². The normalized spacial score (nSPS) is 17.4. The Morgan fingerprint density at radius 1 is 1.12 bits per heavy atom. The Labute approximate surface area is 98.4 Å². The van der Waals surface area contributed by atoms with Gasteiger partial charge in [-0.2, -0.15) is 0 Å². The molecule has 88 valence electrons. The van der Waals surface area contributed by atoms with Gasteiger partial charge < -0.3 is 10.6 Å². The van der Waals surface area contributed by atoms with Crippen molar-refractivity contribution in [2.24, 2.45) is 0 Å². The Morgan fingerprint density at radius 2 is 1.81 bits per heavy atom. The number of hydrogen-bond acceptors (Lipinski definition) is 2. The molecule has 0 saturated heterocycles. The first-order chi connectivity index (χ1) is 7.66. The maximum atomic E-state index is 5.90. The number of hydrogen-bond donors (Lipinski definition) is 1.